The molecule has 30 heavy (non-hydrogen) atoms. The fraction of sp³-hybridized carbons (Fsp3) is 0.458. The zero-order chi connectivity index (χ0) is 20.2. The number of likely N-dealkylation sites (tertiary alicyclic amines) is 1. The highest BCUT2D eigenvalue weighted by Gasteiger charge is 2.45. The monoisotopic (exact) mass is 407 g/mol. The Labute approximate surface area is 175 Å². The number of hydrogen-bond donors (Lipinski definition) is 1. The molecule has 2 aromatic rings. The van der Waals surface area contributed by atoms with Gasteiger partial charge in [0, 0.05) is 44.4 Å². The molecule has 6 rings (SSSR count). The van der Waals surface area contributed by atoms with E-state index in [0.717, 1.165) is 42.9 Å². The van der Waals surface area contributed by atoms with Crippen molar-refractivity contribution in [3.8, 4) is 5.75 Å². The number of hydrogen-bond acceptors (Lipinski definition) is 4. The molecular formula is C24H26FN3O2. The fourth-order valence-corrected chi connectivity index (χ4v) is 5.87. The summed E-state index contributed by atoms with van der Waals surface area (Å²) in [6.45, 7) is 3.28. The molecule has 156 valence electrons. The number of carbonyl (C=O) groups excluding carboxylic acids is 1. The minimum atomic E-state index is -0.917. The Kier molecular flexibility index (Phi) is 4.23. The molecule has 0 bridgehead atoms. The predicted octanol–water partition coefficient (Wildman–Crippen LogP) is 3.13. The summed E-state index contributed by atoms with van der Waals surface area (Å²) >= 11 is 0. The molecule has 2 aromatic carbocycles. The lowest BCUT2D eigenvalue weighted by molar-refractivity contribution is -0.115. The Bertz CT molecular complexity index is 1010. The summed E-state index contributed by atoms with van der Waals surface area (Å²) in [6, 6.07) is 12.6. The van der Waals surface area contributed by atoms with E-state index < -0.39 is 6.17 Å². The lowest BCUT2D eigenvalue weighted by atomic mass is 9.88. The first-order valence-corrected chi connectivity index (χ1v) is 11.0. The second kappa shape index (κ2) is 6.98. The number of anilines is 2. The van der Waals surface area contributed by atoms with E-state index in [2.05, 4.69) is 27.2 Å². The van der Waals surface area contributed by atoms with Gasteiger partial charge in [0.1, 0.15) is 11.9 Å². The summed E-state index contributed by atoms with van der Waals surface area (Å²) in [7, 11) is 0. The molecular weight excluding hydrogens is 381 g/mol. The van der Waals surface area contributed by atoms with Crippen LogP contribution in [0.15, 0.2) is 36.4 Å². The van der Waals surface area contributed by atoms with Crippen LogP contribution in [0.2, 0.25) is 0 Å². The van der Waals surface area contributed by atoms with Crippen molar-refractivity contribution in [2.24, 2.45) is 0 Å². The van der Waals surface area contributed by atoms with Crippen LogP contribution in [0, 0.1) is 0 Å². The van der Waals surface area contributed by atoms with Crippen molar-refractivity contribution in [1.29, 1.82) is 0 Å². The maximum Gasteiger partial charge on any atom is 0.243 e. The molecule has 3 atom stereocenters. The Morgan fingerprint density at radius 1 is 1.23 bits per heavy atom. The maximum absolute atomic E-state index is 15.1. The average Bonchev–Trinajstić information content (AvgIpc) is 3.33. The Morgan fingerprint density at radius 3 is 3.07 bits per heavy atom. The van der Waals surface area contributed by atoms with E-state index in [4.69, 9.17) is 4.74 Å². The summed E-state index contributed by atoms with van der Waals surface area (Å²) < 4.78 is 20.8. The molecule has 4 aliphatic rings. The molecule has 1 amide bonds. The van der Waals surface area contributed by atoms with Gasteiger partial charge >= 0.3 is 0 Å². The number of piperidine rings is 1. The third-order valence-corrected chi connectivity index (χ3v) is 7.10. The number of rotatable bonds is 4. The molecule has 0 aromatic heterocycles. The molecule has 5 nitrogen and oxygen atoms in total. The summed E-state index contributed by atoms with van der Waals surface area (Å²) in [5, 5.41) is 3.01. The maximum atomic E-state index is 15.1. The predicted molar refractivity (Wildman–Crippen MR) is 114 cm³/mol. The quantitative estimate of drug-likeness (QED) is 0.846. The third-order valence-electron chi connectivity index (χ3n) is 7.10. The fourth-order valence-electron chi connectivity index (χ4n) is 5.87. The zero-order valence-electron chi connectivity index (χ0n) is 16.9. The van der Waals surface area contributed by atoms with Gasteiger partial charge in [0.25, 0.3) is 0 Å². The van der Waals surface area contributed by atoms with Crippen LogP contribution in [0.1, 0.15) is 29.0 Å². The molecule has 0 spiro atoms. The highest BCUT2D eigenvalue weighted by molar-refractivity contribution is 6.03. The first-order valence-electron chi connectivity index (χ1n) is 11.0. The number of carbonyl (C=O) groups is 1. The second-order valence-electron chi connectivity index (χ2n) is 8.95. The number of nitrogens with zero attached hydrogens (tertiary/aromatic N) is 2. The number of para-hydroxylation sites is 2. The van der Waals surface area contributed by atoms with Gasteiger partial charge in [0.2, 0.25) is 5.91 Å². The van der Waals surface area contributed by atoms with E-state index in [1.54, 1.807) is 0 Å². The molecule has 1 unspecified atom stereocenters. The van der Waals surface area contributed by atoms with Gasteiger partial charge < -0.3 is 15.0 Å². The van der Waals surface area contributed by atoms with Crippen LogP contribution in [0.4, 0.5) is 15.8 Å². The number of halogens is 1. The first kappa shape index (κ1) is 18.2. The highest BCUT2D eigenvalue weighted by Crippen LogP contribution is 2.49. The van der Waals surface area contributed by atoms with Crippen molar-refractivity contribution in [3.05, 3.63) is 53.1 Å². The highest BCUT2D eigenvalue weighted by atomic mass is 19.1. The Morgan fingerprint density at radius 2 is 2.13 bits per heavy atom. The second-order valence-corrected chi connectivity index (χ2v) is 8.95. The van der Waals surface area contributed by atoms with Gasteiger partial charge in [-0.05, 0) is 29.2 Å². The number of alkyl halides is 1. The van der Waals surface area contributed by atoms with E-state index in [-0.39, 0.29) is 5.91 Å². The molecule has 4 heterocycles. The van der Waals surface area contributed by atoms with Gasteiger partial charge in [-0.1, -0.05) is 30.3 Å². The SMILES string of the molecule is O=C1CN2c3c(cccc3[C@@H]3CN(CC(F)Cc4cccc5c4OCC5)CC[C@@H]32)N1. The number of ether oxygens (including phenoxy) is 1. The number of nitrogens with one attached hydrogen (secondary N) is 1. The molecule has 0 saturated carbocycles. The van der Waals surface area contributed by atoms with Crippen molar-refractivity contribution in [2.75, 3.05) is 43.0 Å². The van der Waals surface area contributed by atoms with Crippen LogP contribution in [-0.2, 0) is 17.6 Å². The van der Waals surface area contributed by atoms with Crippen molar-refractivity contribution in [3.63, 3.8) is 0 Å². The Balaban J connectivity index is 1.17. The molecule has 4 aliphatic heterocycles. The molecule has 1 fully saturated rings. The van der Waals surface area contributed by atoms with E-state index in [1.165, 1.54) is 16.8 Å². The first-order chi connectivity index (χ1) is 14.7. The van der Waals surface area contributed by atoms with Gasteiger partial charge in [0.05, 0.1) is 24.5 Å². The van der Waals surface area contributed by atoms with Crippen LogP contribution in [0.5, 0.6) is 5.75 Å². The smallest absolute Gasteiger partial charge is 0.243 e. The standard InChI is InChI=1S/C24H26FN3O2/c25-17(11-16-4-1-3-15-8-10-30-24(15)16)12-27-9-7-21-19(13-27)18-5-2-6-20-23(18)28(21)14-22(29)26-20/h1-6,17,19,21H,7-14H2,(H,26,29)/t17?,19-,21-/m0/s1. The average molecular weight is 407 g/mol. The molecule has 6 heteroatoms. The summed E-state index contributed by atoms with van der Waals surface area (Å²) in [4.78, 5) is 16.7. The van der Waals surface area contributed by atoms with E-state index in [1.807, 2.05) is 24.3 Å². The summed E-state index contributed by atoms with van der Waals surface area (Å²) in [6.07, 6.45) is 1.37. The van der Waals surface area contributed by atoms with E-state index >= 15 is 4.39 Å². The summed E-state index contributed by atoms with van der Waals surface area (Å²) in [5.41, 5.74) is 5.60. The van der Waals surface area contributed by atoms with Crippen molar-refractivity contribution < 1.29 is 13.9 Å². The molecule has 0 aliphatic carbocycles. The number of benzene rings is 2. The third kappa shape index (κ3) is 2.88. The van der Waals surface area contributed by atoms with Crippen LogP contribution < -0.4 is 15.0 Å². The zero-order valence-corrected chi connectivity index (χ0v) is 16.9. The van der Waals surface area contributed by atoms with Crippen LogP contribution in [-0.4, -0.2) is 55.8 Å². The normalized spacial score (nSPS) is 25.2. The molecule has 0 radical (unpaired) electrons. The van der Waals surface area contributed by atoms with Gasteiger partial charge in [-0.15, -0.1) is 0 Å². The van der Waals surface area contributed by atoms with Crippen molar-refractivity contribution in [2.45, 2.75) is 37.4 Å². The lowest BCUT2D eigenvalue weighted by Crippen LogP contribution is -2.50. The summed E-state index contributed by atoms with van der Waals surface area (Å²) in [5.74, 6) is 1.30. The lowest BCUT2D eigenvalue weighted by Gasteiger charge is -2.40. The molecule has 1 N–H and O–H groups in total. The van der Waals surface area contributed by atoms with Gasteiger partial charge in [-0.3, -0.25) is 9.69 Å². The van der Waals surface area contributed by atoms with E-state index in [9.17, 15) is 4.79 Å². The molecule has 1 saturated heterocycles. The number of fused-ring (bicyclic) bond motifs is 4. The van der Waals surface area contributed by atoms with Crippen LogP contribution in [0.25, 0.3) is 0 Å². The van der Waals surface area contributed by atoms with Gasteiger partial charge in [0.15, 0.2) is 0 Å². The van der Waals surface area contributed by atoms with Crippen LogP contribution in [0.3, 0.4) is 0 Å². The minimum absolute atomic E-state index is 0.0594. The van der Waals surface area contributed by atoms with Gasteiger partial charge in [-0.25, -0.2) is 4.39 Å². The topological polar surface area (TPSA) is 44.8 Å². The van der Waals surface area contributed by atoms with E-state index in [0.29, 0.717) is 38.1 Å². The van der Waals surface area contributed by atoms with Crippen molar-refractivity contribution in [1.82, 2.24) is 4.90 Å². The largest absolute Gasteiger partial charge is 0.493 e. The van der Waals surface area contributed by atoms with Gasteiger partial charge in [-0.2, -0.15) is 0 Å². The van der Waals surface area contributed by atoms with Crippen molar-refractivity contribution >= 4 is 17.3 Å². The number of amides is 1. The Hall–Kier alpha value is -2.60. The minimum Gasteiger partial charge on any atom is -0.493 e. The van der Waals surface area contributed by atoms with Crippen LogP contribution >= 0.6 is 0 Å².